The molecule has 0 saturated heterocycles. The van der Waals surface area contributed by atoms with Gasteiger partial charge in [0, 0.05) is 25.2 Å². The standard InChI is InChI=1S/C24H20FN3O3/c1-26-13-28(27-9-8-20(29)22(30)21(27)23(26)31)24-16(10-14-4-2-3-5-18(14)24)11-15-6-7-17(25)12-19(15)24/h2-9,12,16,30H,10-11,13H2,1H3. The summed E-state index contributed by atoms with van der Waals surface area (Å²) in [5.74, 6) is -1.19. The van der Waals surface area contributed by atoms with Gasteiger partial charge in [0.1, 0.15) is 18.0 Å². The zero-order valence-electron chi connectivity index (χ0n) is 16.9. The number of carbonyl (C=O) groups excluding carboxylic acids is 1. The summed E-state index contributed by atoms with van der Waals surface area (Å²) in [4.78, 5) is 26.5. The molecular formula is C24H20FN3O3. The molecule has 7 heteroatoms. The lowest BCUT2D eigenvalue weighted by molar-refractivity contribution is 0.0697. The SMILES string of the molecule is CN1CN(C23c4ccccc4CC2Cc2ccc(F)cc23)n2ccc(=O)c(O)c2C1=O. The summed E-state index contributed by atoms with van der Waals surface area (Å²) >= 11 is 0. The van der Waals surface area contributed by atoms with Crippen LogP contribution in [0.4, 0.5) is 4.39 Å². The van der Waals surface area contributed by atoms with Gasteiger partial charge in [-0.15, -0.1) is 0 Å². The predicted molar refractivity (Wildman–Crippen MR) is 112 cm³/mol. The molecule has 1 aromatic heterocycles. The van der Waals surface area contributed by atoms with Crippen molar-refractivity contribution in [3.05, 3.63) is 98.7 Å². The van der Waals surface area contributed by atoms with Crippen molar-refractivity contribution in [3.63, 3.8) is 0 Å². The van der Waals surface area contributed by atoms with Crippen LogP contribution >= 0.6 is 0 Å². The number of carbonyl (C=O) groups is 1. The third-order valence-corrected chi connectivity index (χ3v) is 7.05. The van der Waals surface area contributed by atoms with Gasteiger partial charge >= 0.3 is 0 Å². The number of aromatic nitrogens is 1. The Bertz CT molecular complexity index is 1330. The summed E-state index contributed by atoms with van der Waals surface area (Å²) in [7, 11) is 1.64. The molecule has 0 saturated carbocycles. The number of halogens is 1. The van der Waals surface area contributed by atoms with E-state index in [9.17, 15) is 19.1 Å². The number of hydrogen-bond donors (Lipinski definition) is 1. The van der Waals surface area contributed by atoms with E-state index in [0.29, 0.717) is 0 Å². The molecule has 3 aromatic rings. The topological polar surface area (TPSA) is 65.8 Å². The summed E-state index contributed by atoms with van der Waals surface area (Å²) < 4.78 is 16.1. The van der Waals surface area contributed by atoms with E-state index in [1.54, 1.807) is 17.8 Å². The summed E-state index contributed by atoms with van der Waals surface area (Å²) in [6.45, 7) is 0.231. The van der Waals surface area contributed by atoms with E-state index in [-0.39, 0.29) is 24.1 Å². The highest BCUT2D eigenvalue weighted by molar-refractivity contribution is 5.96. The lowest BCUT2D eigenvalue weighted by atomic mass is 9.81. The predicted octanol–water partition coefficient (Wildman–Crippen LogP) is 2.35. The molecule has 1 amide bonds. The van der Waals surface area contributed by atoms with E-state index in [2.05, 4.69) is 12.1 Å². The van der Waals surface area contributed by atoms with Gasteiger partial charge in [0.25, 0.3) is 5.91 Å². The van der Waals surface area contributed by atoms with Crippen LogP contribution in [0.1, 0.15) is 32.7 Å². The lowest BCUT2D eigenvalue weighted by Gasteiger charge is -2.50. The molecule has 2 aliphatic carbocycles. The second-order valence-electron chi connectivity index (χ2n) is 8.60. The van der Waals surface area contributed by atoms with E-state index in [4.69, 9.17) is 0 Å². The second-order valence-corrected chi connectivity index (χ2v) is 8.60. The Morgan fingerprint density at radius 3 is 2.58 bits per heavy atom. The average molecular weight is 417 g/mol. The van der Waals surface area contributed by atoms with Crippen LogP contribution in [0.2, 0.25) is 0 Å². The largest absolute Gasteiger partial charge is 0.502 e. The highest BCUT2D eigenvalue weighted by atomic mass is 19.1. The van der Waals surface area contributed by atoms with Crippen LogP contribution in [0.5, 0.6) is 5.75 Å². The quantitative estimate of drug-likeness (QED) is 0.660. The van der Waals surface area contributed by atoms with Crippen LogP contribution in [0, 0.1) is 11.7 Å². The van der Waals surface area contributed by atoms with Crippen LogP contribution in [-0.2, 0) is 18.4 Å². The van der Waals surface area contributed by atoms with Gasteiger partial charge in [-0.2, -0.15) is 0 Å². The number of aromatic hydroxyl groups is 1. The number of pyridine rings is 1. The fourth-order valence-corrected chi connectivity index (χ4v) is 5.84. The zero-order valence-corrected chi connectivity index (χ0v) is 16.9. The fraction of sp³-hybridized carbons (Fsp3) is 0.250. The Labute approximate surface area is 177 Å². The molecule has 31 heavy (non-hydrogen) atoms. The van der Waals surface area contributed by atoms with Crippen LogP contribution < -0.4 is 10.4 Å². The number of nitrogens with zero attached hydrogens (tertiary/aromatic N) is 3. The maximum absolute atomic E-state index is 14.5. The first kappa shape index (κ1) is 18.2. The van der Waals surface area contributed by atoms with Crippen LogP contribution in [-0.4, -0.2) is 34.3 Å². The van der Waals surface area contributed by atoms with Gasteiger partial charge in [-0.3, -0.25) is 19.3 Å². The zero-order chi connectivity index (χ0) is 21.5. The fourth-order valence-electron chi connectivity index (χ4n) is 5.84. The highest BCUT2D eigenvalue weighted by Crippen LogP contribution is 2.56. The first-order valence-electron chi connectivity index (χ1n) is 10.3. The number of amides is 1. The smallest absolute Gasteiger partial charge is 0.277 e. The second kappa shape index (κ2) is 5.97. The van der Waals surface area contributed by atoms with E-state index >= 15 is 0 Å². The van der Waals surface area contributed by atoms with Crippen LogP contribution in [0.15, 0.2) is 59.5 Å². The first-order valence-corrected chi connectivity index (χ1v) is 10.3. The highest BCUT2D eigenvalue weighted by Gasteiger charge is 2.58. The molecule has 0 radical (unpaired) electrons. The van der Waals surface area contributed by atoms with Gasteiger partial charge in [-0.05, 0) is 47.2 Å². The molecule has 0 fully saturated rings. The van der Waals surface area contributed by atoms with Crippen molar-refractivity contribution < 1.29 is 14.3 Å². The Balaban J connectivity index is 1.71. The number of hydrogen-bond acceptors (Lipinski definition) is 4. The summed E-state index contributed by atoms with van der Waals surface area (Å²) in [5.41, 5.74) is 2.81. The molecule has 2 unspecified atom stereocenters. The normalized spacial score (nSPS) is 23.4. The van der Waals surface area contributed by atoms with Gasteiger partial charge < -0.3 is 10.0 Å². The van der Waals surface area contributed by atoms with Crippen molar-refractivity contribution in [3.8, 4) is 5.75 Å². The van der Waals surface area contributed by atoms with Gasteiger partial charge in [0.2, 0.25) is 5.43 Å². The number of fused-ring (bicyclic) bond motifs is 6. The third kappa shape index (κ3) is 2.15. The van der Waals surface area contributed by atoms with Crippen LogP contribution in [0.25, 0.3) is 0 Å². The molecule has 0 bridgehead atoms. The van der Waals surface area contributed by atoms with Crippen molar-refractivity contribution in [2.24, 2.45) is 5.92 Å². The van der Waals surface area contributed by atoms with Gasteiger partial charge in [-0.1, -0.05) is 30.3 Å². The van der Waals surface area contributed by atoms with Crippen LogP contribution in [0.3, 0.4) is 0 Å². The number of benzene rings is 2. The minimum absolute atomic E-state index is 0.0661. The Morgan fingerprint density at radius 2 is 1.77 bits per heavy atom. The molecule has 3 aliphatic rings. The van der Waals surface area contributed by atoms with Gasteiger partial charge in [0.15, 0.2) is 11.4 Å². The molecule has 6 rings (SSSR count). The minimum Gasteiger partial charge on any atom is -0.502 e. The Hall–Kier alpha value is -3.61. The summed E-state index contributed by atoms with van der Waals surface area (Å²) in [5, 5.41) is 12.5. The first-order chi connectivity index (χ1) is 14.9. The number of rotatable bonds is 1. The Morgan fingerprint density at radius 1 is 1.03 bits per heavy atom. The van der Waals surface area contributed by atoms with E-state index < -0.39 is 22.6 Å². The average Bonchev–Trinajstić information content (AvgIpc) is 3.24. The molecule has 6 nitrogen and oxygen atoms in total. The Kier molecular flexibility index (Phi) is 3.50. The maximum atomic E-state index is 14.5. The van der Waals surface area contributed by atoms with E-state index in [1.165, 1.54) is 28.8 Å². The molecule has 0 spiro atoms. The van der Waals surface area contributed by atoms with Gasteiger partial charge in [0.05, 0.1) is 0 Å². The molecule has 1 N–H and O–H groups in total. The van der Waals surface area contributed by atoms with E-state index in [1.807, 2.05) is 23.2 Å². The van der Waals surface area contributed by atoms with Crippen molar-refractivity contribution in [1.29, 1.82) is 0 Å². The summed E-state index contributed by atoms with van der Waals surface area (Å²) in [6, 6.07) is 14.3. The summed E-state index contributed by atoms with van der Waals surface area (Å²) in [6.07, 6.45) is 3.13. The monoisotopic (exact) mass is 417 g/mol. The van der Waals surface area contributed by atoms with Gasteiger partial charge in [-0.25, -0.2) is 4.39 Å². The molecule has 1 aliphatic heterocycles. The van der Waals surface area contributed by atoms with E-state index in [0.717, 1.165) is 29.5 Å². The molecule has 2 aromatic carbocycles. The third-order valence-electron chi connectivity index (χ3n) is 7.05. The van der Waals surface area contributed by atoms with Crippen molar-refractivity contribution in [2.75, 3.05) is 18.7 Å². The molecule has 2 heterocycles. The molecule has 156 valence electrons. The molecular weight excluding hydrogens is 397 g/mol. The minimum atomic E-state index is -0.723. The molecule has 2 atom stereocenters. The van der Waals surface area contributed by atoms with Crippen molar-refractivity contribution >= 4 is 5.91 Å². The maximum Gasteiger partial charge on any atom is 0.277 e. The van der Waals surface area contributed by atoms with Crippen molar-refractivity contribution in [2.45, 2.75) is 18.4 Å². The lowest BCUT2D eigenvalue weighted by Crippen LogP contribution is -2.62. The van der Waals surface area contributed by atoms with Crippen molar-refractivity contribution in [1.82, 2.24) is 9.58 Å².